The summed E-state index contributed by atoms with van der Waals surface area (Å²) in [6.07, 6.45) is 3.16. The molecule has 0 radical (unpaired) electrons. The smallest absolute Gasteiger partial charge is 0.289 e. The Bertz CT molecular complexity index is 1150. The Morgan fingerprint density at radius 3 is 2.66 bits per heavy atom. The Morgan fingerprint density at radius 2 is 2.03 bits per heavy atom. The van der Waals surface area contributed by atoms with Crippen LogP contribution in [-0.2, 0) is 14.8 Å². The zero-order valence-corrected chi connectivity index (χ0v) is 20.0. The van der Waals surface area contributed by atoms with Crippen molar-refractivity contribution >= 4 is 50.2 Å². The SMILES string of the molecule is Cc1ccc(S(=O)(=O)N2CCC[C@H](C(=O)N(CC3CC3)c3ccc(Cl)c([N+](=O)[O-])c3)C2)s1. The molecule has 32 heavy (non-hydrogen) atoms. The number of nitro benzene ring substituents is 1. The summed E-state index contributed by atoms with van der Waals surface area (Å²) in [5, 5.41) is 11.4. The normalized spacial score (nSPS) is 19.6. The fourth-order valence-electron chi connectivity index (χ4n) is 3.95. The van der Waals surface area contributed by atoms with Crippen LogP contribution in [0, 0.1) is 28.9 Å². The zero-order chi connectivity index (χ0) is 23.0. The number of halogens is 1. The highest BCUT2D eigenvalue weighted by Gasteiger charge is 2.38. The number of carbonyl (C=O) groups excluding carboxylic acids is 1. The predicted molar refractivity (Wildman–Crippen MR) is 124 cm³/mol. The monoisotopic (exact) mass is 497 g/mol. The molecule has 2 heterocycles. The topological polar surface area (TPSA) is 101 Å². The molecule has 1 atom stereocenters. The number of piperidine rings is 1. The first-order chi connectivity index (χ1) is 15.2. The number of anilines is 1. The van der Waals surface area contributed by atoms with E-state index < -0.39 is 20.9 Å². The molecule has 0 bridgehead atoms. The second-order valence-electron chi connectivity index (χ2n) is 8.35. The summed E-state index contributed by atoms with van der Waals surface area (Å²) in [5.41, 5.74) is 0.172. The molecule has 1 aliphatic heterocycles. The van der Waals surface area contributed by atoms with Gasteiger partial charge in [0.25, 0.3) is 15.7 Å². The lowest BCUT2D eigenvalue weighted by Crippen LogP contribution is -2.47. The van der Waals surface area contributed by atoms with E-state index in [0.717, 1.165) is 17.7 Å². The van der Waals surface area contributed by atoms with Gasteiger partial charge in [-0.25, -0.2) is 8.42 Å². The van der Waals surface area contributed by atoms with E-state index in [-0.39, 0.29) is 27.4 Å². The van der Waals surface area contributed by atoms with E-state index in [4.69, 9.17) is 11.6 Å². The first-order valence-electron chi connectivity index (χ1n) is 10.5. The lowest BCUT2D eigenvalue weighted by molar-refractivity contribution is -0.384. The van der Waals surface area contributed by atoms with Gasteiger partial charge in [0.05, 0.1) is 16.5 Å². The van der Waals surface area contributed by atoms with Crippen LogP contribution in [0.1, 0.15) is 30.6 Å². The van der Waals surface area contributed by atoms with Gasteiger partial charge in [0.2, 0.25) is 5.91 Å². The molecule has 2 fully saturated rings. The number of thiophene rings is 1. The van der Waals surface area contributed by atoms with E-state index in [0.29, 0.717) is 37.5 Å². The van der Waals surface area contributed by atoms with Crippen molar-refractivity contribution in [1.29, 1.82) is 0 Å². The summed E-state index contributed by atoms with van der Waals surface area (Å²) in [6, 6.07) is 7.75. The number of benzene rings is 1. The maximum atomic E-state index is 13.5. The van der Waals surface area contributed by atoms with Gasteiger partial charge in [-0.15, -0.1) is 11.3 Å². The summed E-state index contributed by atoms with van der Waals surface area (Å²) in [6.45, 7) is 2.80. The lowest BCUT2D eigenvalue weighted by Gasteiger charge is -2.34. The maximum Gasteiger partial charge on any atom is 0.289 e. The summed E-state index contributed by atoms with van der Waals surface area (Å²) >= 11 is 7.18. The van der Waals surface area contributed by atoms with E-state index in [2.05, 4.69) is 0 Å². The van der Waals surface area contributed by atoms with Crippen LogP contribution in [0.3, 0.4) is 0 Å². The number of hydrogen-bond donors (Lipinski definition) is 0. The first-order valence-corrected chi connectivity index (χ1v) is 13.1. The number of rotatable bonds is 7. The Morgan fingerprint density at radius 1 is 1.28 bits per heavy atom. The number of amides is 1. The molecule has 4 rings (SSSR count). The second kappa shape index (κ2) is 9.09. The molecular weight excluding hydrogens is 474 g/mol. The molecular formula is C21H24ClN3O5S2. The largest absolute Gasteiger partial charge is 0.312 e. The molecule has 1 aromatic carbocycles. The highest BCUT2D eigenvalue weighted by molar-refractivity contribution is 7.91. The van der Waals surface area contributed by atoms with E-state index in [1.165, 1.54) is 27.8 Å². The van der Waals surface area contributed by atoms with E-state index in [1.54, 1.807) is 23.1 Å². The second-order valence-corrected chi connectivity index (χ2v) is 12.2. The Kier molecular flexibility index (Phi) is 6.58. The Labute approximate surface area is 196 Å². The van der Waals surface area contributed by atoms with Crippen LogP contribution in [0.4, 0.5) is 11.4 Å². The molecule has 8 nitrogen and oxygen atoms in total. The van der Waals surface area contributed by atoms with Crippen LogP contribution in [-0.4, -0.2) is 43.2 Å². The van der Waals surface area contributed by atoms with Gasteiger partial charge in [-0.1, -0.05) is 11.6 Å². The number of sulfonamides is 1. The van der Waals surface area contributed by atoms with Gasteiger partial charge >= 0.3 is 0 Å². The van der Waals surface area contributed by atoms with Crippen LogP contribution in [0.25, 0.3) is 0 Å². The van der Waals surface area contributed by atoms with Crippen molar-refractivity contribution in [3.8, 4) is 0 Å². The molecule has 1 saturated carbocycles. The Balaban J connectivity index is 1.58. The molecule has 0 N–H and O–H groups in total. The molecule has 0 spiro atoms. The highest BCUT2D eigenvalue weighted by Crippen LogP contribution is 2.36. The number of hydrogen-bond acceptors (Lipinski definition) is 6. The van der Waals surface area contributed by atoms with Crippen LogP contribution >= 0.6 is 22.9 Å². The van der Waals surface area contributed by atoms with Crippen LogP contribution in [0.2, 0.25) is 5.02 Å². The summed E-state index contributed by atoms with van der Waals surface area (Å²) in [4.78, 5) is 26.8. The van der Waals surface area contributed by atoms with Crippen molar-refractivity contribution in [2.75, 3.05) is 24.5 Å². The van der Waals surface area contributed by atoms with Gasteiger partial charge in [0.1, 0.15) is 9.23 Å². The minimum absolute atomic E-state index is 0.0127. The van der Waals surface area contributed by atoms with Crippen LogP contribution < -0.4 is 4.90 Å². The summed E-state index contributed by atoms with van der Waals surface area (Å²) in [7, 11) is -3.66. The van der Waals surface area contributed by atoms with Gasteiger partial charge in [-0.05, 0) is 62.8 Å². The van der Waals surface area contributed by atoms with E-state index in [1.807, 2.05) is 6.92 Å². The van der Waals surface area contributed by atoms with Crippen molar-refractivity contribution in [2.24, 2.45) is 11.8 Å². The van der Waals surface area contributed by atoms with Crippen LogP contribution in [0.5, 0.6) is 0 Å². The molecule has 2 aromatic rings. The molecule has 1 aromatic heterocycles. The third-order valence-corrected chi connectivity index (χ3v) is 9.54. The zero-order valence-electron chi connectivity index (χ0n) is 17.6. The van der Waals surface area contributed by atoms with Gasteiger partial charge < -0.3 is 4.90 Å². The van der Waals surface area contributed by atoms with Crippen molar-refractivity contribution < 1.29 is 18.1 Å². The molecule has 1 amide bonds. The molecule has 1 aliphatic carbocycles. The molecule has 172 valence electrons. The van der Waals surface area contributed by atoms with Gasteiger partial charge in [0, 0.05) is 30.6 Å². The van der Waals surface area contributed by atoms with Gasteiger partial charge in [-0.2, -0.15) is 4.31 Å². The highest BCUT2D eigenvalue weighted by atomic mass is 35.5. The summed E-state index contributed by atoms with van der Waals surface area (Å²) < 4.78 is 27.8. The standard InChI is InChI=1S/C21H24ClN3O5S2/c1-14-4-9-20(31-14)32(29,30)23-10-2-3-16(13-23)21(26)24(12-15-5-6-15)17-7-8-18(22)19(11-17)25(27)28/h4,7-9,11,15-16H,2-3,5-6,10,12-13H2,1H3/t16-/m0/s1. The molecule has 1 saturated heterocycles. The Hall–Kier alpha value is -2.01. The van der Waals surface area contributed by atoms with Crippen molar-refractivity contribution in [1.82, 2.24) is 4.31 Å². The minimum Gasteiger partial charge on any atom is -0.312 e. The van der Waals surface area contributed by atoms with Gasteiger partial charge in [-0.3, -0.25) is 14.9 Å². The minimum atomic E-state index is -3.66. The van der Waals surface area contributed by atoms with Crippen molar-refractivity contribution in [3.63, 3.8) is 0 Å². The molecule has 2 aliphatic rings. The number of nitrogens with zero attached hydrogens (tertiary/aromatic N) is 3. The maximum absolute atomic E-state index is 13.5. The van der Waals surface area contributed by atoms with Gasteiger partial charge in [0.15, 0.2) is 0 Å². The average Bonchev–Trinajstić information content (AvgIpc) is 3.48. The average molecular weight is 498 g/mol. The van der Waals surface area contributed by atoms with E-state index in [9.17, 15) is 23.3 Å². The number of carbonyl (C=O) groups is 1. The first kappa shape index (κ1) is 23.2. The third-order valence-electron chi connectivity index (χ3n) is 5.89. The van der Waals surface area contributed by atoms with Crippen molar-refractivity contribution in [2.45, 2.75) is 36.8 Å². The van der Waals surface area contributed by atoms with E-state index >= 15 is 0 Å². The lowest BCUT2D eigenvalue weighted by atomic mass is 9.97. The predicted octanol–water partition coefficient (Wildman–Crippen LogP) is 4.46. The fourth-order valence-corrected chi connectivity index (χ4v) is 7.10. The molecule has 11 heteroatoms. The third kappa shape index (κ3) is 4.83. The quantitative estimate of drug-likeness (QED) is 0.415. The number of nitro groups is 1. The summed E-state index contributed by atoms with van der Waals surface area (Å²) in [5.74, 6) is -0.352. The van der Waals surface area contributed by atoms with Crippen LogP contribution in [0.15, 0.2) is 34.5 Å². The molecule has 0 unspecified atom stereocenters. The number of aryl methyl sites for hydroxylation is 1. The fraction of sp³-hybridized carbons (Fsp3) is 0.476. The van der Waals surface area contributed by atoms with Crippen molar-refractivity contribution in [3.05, 3.63) is 50.3 Å².